The molecule has 0 aromatic heterocycles. The van der Waals surface area contributed by atoms with Gasteiger partial charge in [0, 0.05) is 5.54 Å². The third kappa shape index (κ3) is 3.18. The van der Waals surface area contributed by atoms with Crippen molar-refractivity contribution in [2.75, 3.05) is 7.11 Å². The summed E-state index contributed by atoms with van der Waals surface area (Å²) in [4.78, 5) is 0. The van der Waals surface area contributed by atoms with Gasteiger partial charge in [-0.25, -0.2) is 0 Å². The van der Waals surface area contributed by atoms with Crippen molar-refractivity contribution < 1.29 is 9.47 Å². The van der Waals surface area contributed by atoms with Crippen LogP contribution in [0.4, 0.5) is 0 Å². The van der Waals surface area contributed by atoms with Crippen LogP contribution in [0, 0.1) is 0 Å². The Kier molecular flexibility index (Phi) is 4.39. The summed E-state index contributed by atoms with van der Waals surface area (Å²) in [5.41, 5.74) is 7.63. The molecule has 0 unspecified atom stereocenters. The SMILES string of the molecule is COc1cc(C2(N)CCCCC2)ccc1OC1CCCC1. The molecular formula is C18H27NO2. The van der Waals surface area contributed by atoms with Crippen molar-refractivity contribution in [2.45, 2.75) is 69.4 Å². The molecule has 1 aromatic carbocycles. The van der Waals surface area contributed by atoms with Crippen molar-refractivity contribution >= 4 is 0 Å². The molecule has 0 spiro atoms. The molecule has 2 aliphatic carbocycles. The molecule has 2 fully saturated rings. The smallest absolute Gasteiger partial charge is 0.161 e. The number of benzene rings is 1. The summed E-state index contributed by atoms with van der Waals surface area (Å²) in [5, 5.41) is 0. The maximum atomic E-state index is 6.62. The highest BCUT2D eigenvalue weighted by molar-refractivity contribution is 5.45. The van der Waals surface area contributed by atoms with Crippen molar-refractivity contribution in [3.05, 3.63) is 23.8 Å². The van der Waals surface area contributed by atoms with Crippen LogP contribution in [0.1, 0.15) is 63.4 Å². The van der Waals surface area contributed by atoms with E-state index < -0.39 is 0 Å². The van der Waals surface area contributed by atoms with Crippen molar-refractivity contribution in [2.24, 2.45) is 5.73 Å². The Hall–Kier alpha value is -1.22. The van der Waals surface area contributed by atoms with E-state index in [1.165, 1.54) is 37.7 Å². The third-order valence-corrected chi connectivity index (χ3v) is 5.08. The highest BCUT2D eigenvalue weighted by atomic mass is 16.5. The lowest BCUT2D eigenvalue weighted by Gasteiger charge is -2.34. The van der Waals surface area contributed by atoms with Gasteiger partial charge in [0.05, 0.1) is 13.2 Å². The number of hydrogen-bond acceptors (Lipinski definition) is 3. The predicted molar refractivity (Wildman–Crippen MR) is 84.8 cm³/mol. The van der Waals surface area contributed by atoms with Crippen molar-refractivity contribution in [3.63, 3.8) is 0 Å². The van der Waals surface area contributed by atoms with Crippen LogP contribution in [0.3, 0.4) is 0 Å². The maximum absolute atomic E-state index is 6.62. The summed E-state index contributed by atoms with van der Waals surface area (Å²) in [6.45, 7) is 0. The Bertz CT molecular complexity index is 474. The lowest BCUT2D eigenvalue weighted by Crippen LogP contribution is -2.38. The first-order chi connectivity index (χ1) is 10.2. The molecular weight excluding hydrogens is 262 g/mol. The van der Waals surface area contributed by atoms with Crippen LogP contribution < -0.4 is 15.2 Å². The Morgan fingerprint density at radius 2 is 1.71 bits per heavy atom. The van der Waals surface area contributed by atoms with E-state index >= 15 is 0 Å². The van der Waals surface area contributed by atoms with E-state index in [4.69, 9.17) is 15.2 Å². The minimum absolute atomic E-state index is 0.183. The van der Waals surface area contributed by atoms with Crippen LogP contribution in [0.25, 0.3) is 0 Å². The predicted octanol–water partition coefficient (Wildman–Crippen LogP) is 4.13. The van der Waals surface area contributed by atoms with Crippen LogP contribution in [-0.4, -0.2) is 13.2 Å². The van der Waals surface area contributed by atoms with Gasteiger partial charge in [-0.05, 0) is 56.2 Å². The molecule has 0 bridgehead atoms. The maximum Gasteiger partial charge on any atom is 0.161 e. The number of nitrogens with two attached hydrogens (primary N) is 1. The number of rotatable bonds is 4. The lowest BCUT2D eigenvalue weighted by molar-refractivity contribution is 0.200. The molecule has 0 saturated heterocycles. The summed E-state index contributed by atoms with van der Waals surface area (Å²) in [7, 11) is 1.71. The average molecular weight is 289 g/mol. The Balaban J connectivity index is 1.80. The molecule has 3 heteroatoms. The monoisotopic (exact) mass is 289 g/mol. The van der Waals surface area contributed by atoms with Crippen LogP contribution in [0.2, 0.25) is 0 Å². The van der Waals surface area contributed by atoms with Crippen LogP contribution >= 0.6 is 0 Å². The molecule has 2 N–H and O–H groups in total. The van der Waals surface area contributed by atoms with Gasteiger partial charge in [-0.15, -0.1) is 0 Å². The van der Waals surface area contributed by atoms with E-state index in [9.17, 15) is 0 Å². The fourth-order valence-corrected chi connectivity index (χ4v) is 3.73. The molecule has 2 aliphatic rings. The van der Waals surface area contributed by atoms with Crippen molar-refractivity contribution in [1.82, 2.24) is 0 Å². The zero-order valence-corrected chi connectivity index (χ0v) is 13.1. The molecule has 2 saturated carbocycles. The molecule has 0 radical (unpaired) electrons. The van der Waals surface area contributed by atoms with E-state index in [1.54, 1.807) is 7.11 Å². The van der Waals surface area contributed by atoms with Gasteiger partial charge in [0.25, 0.3) is 0 Å². The summed E-state index contributed by atoms with van der Waals surface area (Å²) in [6.07, 6.45) is 11.1. The van der Waals surface area contributed by atoms with Crippen molar-refractivity contribution in [1.29, 1.82) is 0 Å². The Labute approximate surface area is 127 Å². The quantitative estimate of drug-likeness (QED) is 0.906. The fourth-order valence-electron chi connectivity index (χ4n) is 3.73. The van der Waals surface area contributed by atoms with Gasteiger partial charge in [-0.2, -0.15) is 0 Å². The second-order valence-corrected chi connectivity index (χ2v) is 6.61. The highest BCUT2D eigenvalue weighted by Gasteiger charge is 2.30. The zero-order chi connectivity index (χ0) is 14.7. The van der Waals surface area contributed by atoms with E-state index in [2.05, 4.69) is 18.2 Å². The minimum atomic E-state index is -0.183. The van der Waals surface area contributed by atoms with Gasteiger partial charge in [0.1, 0.15) is 0 Å². The molecule has 0 aliphatic heterocycles. The second-order valence-electron chi connectivity index (χ2n) is 6.61. The molecule has 21 heavy (non-hydrogen) atoms. The summed E-state index contributed by atoms with van der Waals surface area (Å²) in [5.74, 6) is 1.70. The normalized spacial score (nSPS) is 22.2. The molecule has 0 atom stereocenters. The summed E-state index contributed by atoms with van der Waals surface area (Å²) < 4.78 is 11.7. The van der Waals surface area contributed by atoms with Gasteiger partial charge in [-0.1, -0.05) is 25.3 Å². The summed E-state index contributed by atoms with van der Waals surface area (Å²) in [6, 6.07) is 6.28. The zero-order valence-electron chi connectivity index (χ0n) is 13.1. The Morgan fingerprint density at radius 1 is 1.00 bits per heavy atom. The lowest BCUT2D eigenvalue weighted by atomic mass is 9.77. The molecule has 0 heterocycles. The first-order valence-corrected chi connectivity index (χ1v) is 8.35. The van der Waals surface area contributed by atoms with Gasteiger partial charge in [0.15, 0.2) is 11.5 Å². The molecule has 0 amide bonds. The van der Waals surface area contributed by atoms with Gasteiger partial charge >= 0.3 is 0 Å². The van der Waals surface area contributed by atoms with E-state index in [0.29, 0.717) is 6.10 Å². The Morgan fingerprint density at radius 3 is 2.38 bits per heavy atom. The standard InChI is InChI=1S/C18H27NO2/c1-20-17-13-14(18(19)11-5-2-6-12-18)9-10-16(17)21-15-7-3-4-8-15/h9-10,13,15H,2-8,11-12,19H2,1H3. The largest absolute Gasteiger partial charge is 0.493 e. The van der Waals surface area contributed by atoms with E-state index in [-0.39, 0.29) is 5.54 Å². The number of hydrogen-bond donors (Lipinski definition) is 1. The topological polar surface area (TPSA) is 44.5 Å². The van der Waals surface area contributed by atoms with Crippen LogP contribution in [0.5, 0.6) is 11.5 Å². The molecule has 1 aromatic rings. The minimum Gasteiger partial charge on any atom is -0.493 e. The fraction of sp³-hybridized carbons (Fsp3) is 0.667. The van der Waals surface area contributed by atoms with E-state index in [1.807, 2.05) is 0 Å². The van der Waals surface area contributed by atoms with Crippen LogP contribution in [0.15, 0.2) is 18.2 Å². The summed E-state index contributed by atoms with van der Waals surface area (Å²) >= 11 is 0. The average Bonchev–Trinajstić information content (AvgIpc) is 3.01. The molecule has 3 rings (SSSR count). The molecule has 116 valence electrons. The van der Waals surface area contributed by atoms with Gasteiger partial charge in [-0.3, -0.25) is 0 Å². The van der Waals surface area contributed by atoms with Crippen LogP contribution in [-0.2, 0) is 5.54 Å². The van der Waals surface area contributed by atoms with Gasteiger partial charge in [0.2, 0.25) is 0 Å². The first kappa shape index (κ1) is 14.7. The number of methoxy groups -OCH3 is 1. The second kappa shape index (κ2) is 6.27. The van der Waals surface area contributed by atoms with E-state index in [0.717, 1.165) is 37.2 Å². The third-order valence-electron chi connectivity index (χ3n) is 5.08. The first-order valence-electron chi connectivity index (χ1n) is 8.35. The highest BCUT2D eigenvalue weighted by Crippen LogP contribution is 2.39. The molecule has 3 nitrogen and oxygen atoms in total. The number of ether oxygens (including phenoxy) is 2. The van der Waals surface area contributed by atoms with Crippen molar-refractivity contribution in [3.8, 4) is 11.5 Å². The van der Waals surface area contributed by atoms with Gasteiger partial charge < -0.3 is 15.2 Å².